The summed E-state index contributed by atoms with van der Waals surface area (Å²) in [7, 11) is 0. The summed E-state index contributed by atoms with van der Waals surface area (Å²) in [6.45, 7) is 4.40. The van der Waals surface area contributed by atoms with Crippen molar-refractivity contribution in [2.24, 2.45) is 0 Å². The van der Waals surface area contributed by atoms with Gasteiger partial charge in [-0.05, 0) is 103 Å². The van der Waals surface area contributed by atoms with Gasteiger partial charge in [0.25, 0.3) is 0 Å². The summed E-state index contributed by atoms with van der Waals surface area (Å²) in [5, 5.41) is 7.29. The third kappa shape index (κ3) is 6.98. The molecule has 0 saturated carbocycles. The van der Waals surface area contributed by atoms with E-state index in [1.165, 1.54) is 49.2 Å². The molecule has 0 radical (unpaired) electrons. The highest BCUT2D eigenvalue weighted by molar-refractivity contribution is 6.01. The second-order valence-electron chi connectivity index (χ2n) is 15.2. The summed E-state index contributed by atoms with van der Waals surface area (Å²) in [6, 6.07) is 62.8. The van der Waals surface area contributed by atoms with Gasteiger partial charge in [-0.3, -0.25) is 4.98 Å². The predicted octanol–water partition coefficient (Wildman–Crippen LogP) is 15.1. The first-order valence-electron chi connectivity index (χ1n) is 20.3. The molecule has 3 heteroatoms. The summed E-state index contributed by atoms with van der Waals surface area (Å²) in [5.41, 5.74) is 14.2. The van der Waals surface area contributed by atoms with Gasteiger partial charge in [-0.15, -0.1) is 0 Å². The minimum Gasteiger partial charge on any atom is -0.263 e. The molecule has 0 amide bonds. The molecule has 0 aliphatic carbocycles. The summed E-state index contributed by atoms with van der Waals surface area (Å²) < 4.78 is 0. The molecule has 8 aromatic carbocycles. The van der Waals surface area contributed by atoms with Crippen molar-refractivity contribution in [3.63, 3.8) is 0 Å². The second kappa shape index (κ2) is 15.5. The van der Waals surface area contributed by atoms with Crippen LogP contribution in [0.1, 0.15) is 24.5 Å². The lowest BCUT2D eigenvalue weighted by Gasteiger charge is -2.15. The van der Waals surface area contributed by atoms with Crippen LogP contribution in [0.5, 0.6) is 0 Å². The molecular weight excluding hydrogens is 715 g/mol. The Kier molecular flexibility index (Phi) is 9.40. The van der Waals surface area contributed by atoms with E-state index in [-0.39, 0.29) is 0 Å². The Bertz CT molecular complexity index is 3190. The smallest absolute Gasteiger partial charge is 0.160 e. The molecule has 10 rings (SSSR count). The van der Waals surface area contributed by atoms with Crippen LogP contribution in [0.3, 0.4) is 0 Å². The van der Waals surface area contributed by atoms with Crippen LogP contribution in [0.4, 0.5) is 0 Å². The number of allylic oxidation sites excluding steroid dienone is 1. The lowest BCUT2D eigenvalue weighted by Crippen LogP contribution is -1.96. The standard InChI is InChI=1S/C56H41N3/c1-3-4-12-43-33-52(51-20-10-9-18-49(51)37(43)2)46-16-11-17-47(32-46)55-34-54(41-26-24-40(25-27-41)53-36-57-35-48-15-7-8-19-50(48)53)58-56(59-55)42-28-21-39(22-29-42)45-30-23-38-13-5-6-14-44(38)31-45/h4-36H,3H2,1-2H3/b12-4-. The second-order valence-corrected chi connectivity index (χ2v) is 15.2. The van der Waals surface area contributed by atoms with Crippen LogP contribution in [0.2, 0.25) is 0 Å². The fourth-order valence-corrected chi connectivity index (χ4v) is 8.26. The Morgan fingerprint density at radius 1 is 0.424 bits per heavy atom. The summed E-state index contributed by atoms with van der Waals surface area (Å²) >= 11 is 0. The molecule has 3 nitrogen and oxygen atoms in total. The molecule has 0 aliphatic rings. The number of pyridine rings is 1. The average molecular weight is 756 g/mol. The van der Waals surface area contributed by atoms with E-state index < -0.39 is 0 Å². The lowest BCUT2D eigenvalue weighted by molar-refractivity contribution is 1.18. The first-order chi connectivity index (χ1) is 29.1. The van der Waals surface area contributed by atoms with Gasteiger partial charge in [0.05, 0.1) is 11.4 Å². The van der Waals surface area contributed by atoms with Gasteiger partial charge in [-0.2, -0.15) is 0 Å². The molecule has 0 bridgehead atoms. The Labute approximate surface area is 345 Å². The van der Waals surface area contributed by atoms with Gasteiger partial charge in [0.15, 0.2) is 5.82 Å². The normalized spacial score (nSPS) is 11.6. The van der Waals surface area contributed by atoms with Crippen LogP contribution in [-0.2, 0) is 0 Å². The molecule has 2 aromatic heterocycles. The zero-order valence-electron chi connectivity index (χ0n) is 33.1. The number of hydrogen-bond donors (Lipinski definition) is 0. The highest BCUT2D eigenvalue weighted by Crippen LogP contribution is 2.37. The van der Waals surface area contributed by atoms with E-state index in [9.17, 15) is 0 Å². The van der Waals surface area contributed by atoms with Crippen LogP contribution in [0.15, 0.2) is 194 Å². The topological polar surface area (TPSA) is 38.7 Å². The molecular formula is C56H41N3. The van der Waals surface area contributed by atoms with E-state index in [0.29, 0.717) is 5.82 Å². The van der Waals surface area contributed by atoms with Crippen LogP contribution in [-0.4, -0.2) is 15.0 Å². The van der Waals surface area contributed by atoms with Crippen molar-refractivity contribution in [2.45, 2.75) is 20.3 Å². The van der Waals surface area contributed by atoms with E-state index in [4.69, 9.17) is 9.97 Å². The van der Waals surface area contributed by atoms with Crippen LogP contribution < -0.4 is 0 Å². The van der Waals surface area contributed by atoms with Gasteiger partial charge in [0.2, 0.25) is 0 Å². The zero-order chi connectivity index (χ0) is 39.7. The number of aromatic nitrogens is 3. The van der Waals surface area contributed by atoms with E-state index >= 15 is 0 Å². The van der Waals surface area contributed by atoms with Crippen molar-refractivity contribution in [1.82, 2.24) is 15.0 Å². The number of aryl methyl sites for hydroxylation is 1. The van der Waals surface area contributed by atoms with Crippen molar-refractivity contribution in [3.05, 3.63) is 206 Å². The molecule has 0 unspecified atom stereocenters. The largest absolute Gasteiger partial charge is 0.263 e. The summed E-state index contributed by atoms with van der Waals surface area (Å²) in [4.78, 5) is 15.1. The maximum atomic E-state index is 5.28. The van der Waals surface area contributed by atoms with Crippen LogP contribution in [0.25, 0.3) is 106 Å². The van der Waals surface area contributed by atoms with Crippen molar-refractivity contribution in [1.29, 1.82) is 0 Å². The molecule has 0 fully saturated rings. The summed E-state index contributed by atoms with van der Waals surface area (Å²) in [5.74, 6) is 0.683. The molecule has 2 heterocycles. The number of nitrogens with zero attached hydrogens (tertiary/aromatic N) is 3. The maximum Gasteiger partial charge on any atom is 0.160 e. The minimum absolute atomic E-state index is 0.683. The molecule has 0 N–H and O–H groups in total. The molecule has 0 spiro atoms. The lowest BCUT2D eigenvalue weighted by atomic mass is 9.90. The molecule has 59 heavy (non-hydrogen) atoms. The third-order valence-corrected chi connectivity index (χ3v) is 11.5. The van der Waals surface area contributed by atoms with Gasteiger partial charge in [-0.1, -0.05) is 171 Å². The predicted molar refractivity (Wildman–Crippen MR) is 249 cm³/mol. The molecule has 10 aromatic rings. The van der Waals surface area contributed by atoms with Gasteiger partial charge in [0, 0.05) is 40.0 Å². The first-order valence-corrected chi connectivity index (χ1v) is 20.3. The van der Waals surface area contributed by atoms with Crippen molar-refractivity contribution < 1.29 is 0 Å². The fourth-order valence-electron chi connectivity index (χ4n) is 8.26. The maximum absolute atomic E-state index is 5.28. The molecule has 0 aliphatic heterocycles. The Morgan fingerprint density at radius 3 is 1.85 bits per heavy atom. The Balaban J connectivity index is 1.08. The van der Waals surface area contributed by atoms with Crippen molar-refractivity contribution >= 4 is 38.4 Å². The molecule has 0 atom stereocenters. The van der Waals surface area contributed by atoms with Crippen molar-refractivity contribution in [2.75, 3.05) is 0 Å². The van der Waals surface area contributed by atoms with Crippen molar-refractivity contribution in [3.8, 4) is 67.3 Å². The monoisotopic (exact) mass is 755 g/mol. The third-order valence-electron chi connectivity index (χ3n) is 11.5. The number of hydrogen-bond acceptors (Lipinski definition) is 3. The first kappa shape index (κ1) is 35.9. The van der Waals surface area contributed by atoms with E-state index in [0.717, 1.165) is 62.1 Å². The highest BCUT2D eigenvalue weighted by Gasteiger charge is 2.15. The van der Waals surface area contributed by atoms with Crippen LogP contribution in [0, 0.1) is 6.92 Å². The quantitative estimate of drug-likeness (QED) is 0.155. The fraction of sp³-hybridized carbons (Fsp3) is 0.0536. The zero-order valence-corrected chi connectivity index (χ0v) is 33.1. The SMILES string of the molecule is CC/C=C\c1cc(-c2cccc(-c3cc(-c4ccc(-c5cncc6ccccc56)cc4)nc(-c4ccc(-c5ccc6ccccc6c5)cc4)n3)c2)c2ccccc2c1C. The number of fused-ring (bicyclic) bond motifs is 3. The number of benzene rings is 8. The van der Waals surface area contributed by atoms with E-state index in [1.54, 1.807) is 0 Å². The van der Waals surface area contributed by atoms with Crippen LogP contribution >= 0.6 is 0 Å². The van der Waals surface area contributed by atoms with Gasteiger partial charge < -0.3 is 0 Å². The minimum atomic E-state index is 0.683. The van der Waals surface area contributed by atoms with E-state index in [1.807, 2.05) is 12.4 Å². The molecule has 280 valence electrons. The Morgan fingerprint density at radius 2 is 1.05 bits per heavy atom. The Hall–Kier alpha value is -7.49. The van der Waals surface area contributed by atoms with Gasteiger partial charge >= 0.3 is 0 Å². The molecule has 0 saturated heterocycles. The average Bonchev–Trinajstić information content (AvgIpc) is 3.31. The van der Waals surface area contributed by atoms with E-state index in [2.05, 4.69) is 207 Å². The van der Waals surface area contributed by atoms with Gasteiger partial charge in [0.1, 0.15) is 0 Å². The summed E-state index contributed by atoms with van der Waals surface area (Å²) in [6.07, 6.45) is 9.36. The van der Waals surface area contributed by atoms with Gasteiger partial charge in [-0.25, -0.2) is 9.97 Å². The number of rotatable bonds is 8. The highest BCUT2D eigenvalue weighted by atomic mass is 14.9.